The Morgan fingerprint density at radius 3 is 2.67 bits per heavy atom. The van der Waals surface area contributed by atoms with Crippen molar-refractivity contribution in [1.29, 1.82) is 0 Å². The summed E-state index contributed by atoms with van der Waals surface area (Å²) in [6.45, 7) is 3.72. The molecule has 1 fully saturated rings. The Kier molecular flexibility index (Phi) is 3.98. The molecule has 0 saturated carbocycles. The van der Waals surface area contributed by atoms with Crippen LogP contribution in [0.25, 0.3) is 0 Å². The molecule has 0 atom stereocenters. The maximum atomic E-state index is 12.6. The molecular formula is C20H22N2O2. The predicted molar refractivity (Wildman–Crippen MR) is 93.2 cm³/mol. The molecule has 24 heavy (non-hydrogen) atoms. The minimum absolute atomic E-state index is 0.0996. The van der Waals surface area contributed by atoms with Gasteiger partial charge in [0, 0.05) is 37.8 Å². The van der Waals surface area contributed by atoms with Gasteiger partial charge in [-0.15, -0.1) is 0 Å². The fourth-order valence-corrected chi connectivity index (χ4v) is 3.62. The summed E-state index contributed by atoms with van der Waals surface area (Å²) in [7, 11) is 1.62. The minimum atomic E-state index is 0.0996. The van der Waals surface area contributed by atoms with Crippen LogP contribution >= 0.6 is 0 Å². The van der Waals surface area contributed by atoms with Gasteiger partial charge in [0.15, 0.2) is 0 Å². The first-order chi connectivity index (χ1) is 11.7. The van der Waals surface area contributed by atoms with E-state index in [1.165, 1.54) is 11.1 Å². The van der Waals surface area contributed by atoms with Crippen LogP contribution in [-0.4, -0.2) is 48.5 Å². The lowest BCUT2D eigenvalue weighted by molar-refractivity contribution is 0.0218. The molecule has 1 amide bonds. The van der Waals surface area contributed by atoms with Crippen molar-refractivity contribution < 1.29 is 9.53 Å². The van der Waals surface area contributed by atoms with Gasteiger partial charge in [0.05, 0.1) is 7.11 Å². The van der Waals surface area contributed by atoms with E-state index in [1.807, 2.05) is 29.2 Å². The Labute approximate surface area is 142 Å². The summed E-state index contributed by atoms with van der Waals surface area (Å²) < 4.78 is 5.21. The average molecular weight is 322 g/mol. The molecule has 2 heterocycles. The molecule has 0 unspecified atom stereocenters. The number of carbonyl (C=O) groups is 1. The van der Waals surface area contributed by atoms with E-state index in [0.29, 0.717) is 11.6 Å². The lowest BCUT2D eigenvalue weighted by Gasteiger charge is -2.47. The quantitative estimate of drug-likeness (QED) is 0.871. The molecule has 2 aromatic rings. The highest BCUT2D eigenvalue weighted by molar-refractivity contribution is 5.95. The van der Waals surface area contributed by atoms with Crippen LogP contribution in [0.2, 0.25) is 0 Å². The van der Waals surface area contributed by atoms with E-state index in [0.717, 1.165) is 38.3 Å². The van der Waals surface area contributed by atoms with Gasteiger partial charge in [0.2, 0.25) is 0 Å². The maximum absolute atomic E-state index is 12.6. The fourth-order valence-electron chi connectivity index (χ4n) is 3.62. The van der Waals surface area contributed by atoms with E-state index >= 15 is 0 Å². The monoisotopic (exact) mass is 322 g/mol. The maximum Gasteiger partial charge on any atom is 0.254 e. The summed E-state index contributed by atoms with van der Waals surface area (Å²) in [5, 5.41) is 0. The van der Waals surface area contributed by atoms with E-state index in [1.54, 1.807) is 7.11 Å². The van der Waals surface area contributed by atoms with E-state index in [2.05, 4.69) is 29.2 Å². The van der Waals surface area contributed by atoms with Crippen LogP contribution < -0.4 is 4.74 Å². The van der Waals surface area contributed by atoms with E-state index in [4.69, 9.17) is 4.74 Å². The topological polar surface area (TPSA) is 32.8 Å². The van der Waals surface area contributed by atoms with Gasteiger partial charge >= 0.3 is 0 Å². The summed E-state index contributed by atoms with van der Waals surface area (Å²) in [5.74, 6) is 0.827. The number of ether oxygens (including phenoxy) is 1. The molecule has 2 aromatic carbocycles. The number of rotatable bonds is 3. The third-order valence-electron chi connectivity index (χ3n) is 5.14. The minimum Gasteiger partial charge on any atom is -0.497 e. The number of hydrogen-bond donors (Lipinski definition) is 0. The largest absolute Gasteiger partial charge is 0.497 e. The Balaban J connectivity index is 1.37. The van der Waals surface area contributed by atoms with E-state index in [9.17, 15) is 4.79 Å². The Hall–Kier alpha value is -2.33. The van der Waals surface area contributed by atoms with Gasteiger partial charge in [0.1, 0.15) is 5.75 Å². The Morgan fingerprint density at radius 1 is 1.08 bits per heavy atom. The summed E-state index contributed by atoms with van der Waals surface area (Å²) in [6.07, 6.45) is 1.11. The average Bonchev–Trinajstić information content (AvgIpc) is 2.60. The molecule has 0 aromatic heterocycles. The van der Waals surface area contributed by atoms with Crippen molar-refractivity contribution in [2.75, 3.05) is 26.7 Å². The molecule has 2 aliphatic heterocycles. The van der Waals surface area contributed by atoms with Gasteiger partial charge in [-0.1, -0.05) is 30.3 Å². The van der Waals surface area contributed by atoms with Crippen molar-refractivity contribution in [2.45, 2.75) is 19.0 Å². The summed E-state index contributed by atoms with van der Waals surface area (Å²) in [6, 6.07) is 16.6. The summed E-state index contributed by atoms with van der Waals surface area (Å²) in [5.41, 5.74) is 3.61. The van der Waals surface area contributed by atoms with Crippen LogP contribution in [0.15, 0.2) is 48.5 Å². The van der Waals surface area contributed by atoms with Gasteiger partial charge in [-0.3, -0.25) is 9.69 Å². The first-order valence-corrected chi connectivity index (χ1v) is 8.49. The molecule has 0 radical (unpaired) electrons. The normalized spacial score (nSPS) is 18.0. The van der Waals surface area contributed by atoms with Crippen molar-refractivity contribution in [3.63, 3.8) is 0 Å². The predicted octanol–water partition coefficient (Wildman–Crippen LogP) is 2.58. The smallest absolute Gasteiger partial charge is 0.254 e. The van der Waals surface area contributed by atoms with Crippen LogP contribution in [0.5, 0.6) is 5.75 Å². The number of carbonyl (C=O) groups excluding carboxylic acids is 1. The van der Waals surface area contributed by atoms with Crippen LogP contribution in [0.4, 0.5) is 0 Å². The molecule has 4 nitrogen and oxygen atoms in total. The lowest BCUT2D eigenvalue weighted by atomic mass is 9.96. The molecule has 2 aliphatic rings. The van der Waals surface area contributed by atoms with Crippen molar-refractivity contribution in [2.24, 2.45) is 0 Å². The van der Waals surface area contributed by atoms with Crippen LogP contribution in [-0.2, 0) is 13.0 Å². The second kappa shape index (κ2) is 6.29. The summed E-state index contributed by atoms with van der Waals surface area (Å²) >= 11 is 0. The molecule has 0 N–H and O–H groups in total. The number of hydrogen-bond acceptors (Lipinski definition) is 3. The number of methoxy groups -OCH3 is 1. The molecule has 1 saturated heterocycles. The zero-order valence-corrected chi connectivity index (χ0v) is 13.9. The number of amides is 1. The van der Waals surface area contributed by atoms with Crippen molar-refractivity contribution >= 4 is 5.91 Å². The Morgan fingerprint density at radius 2 is 1.88 bits per heavy atom. The number of likely N-dealkylation sites (tertiary alicyclic amines) is 1. The molecule has 0 bridgehead atoms. The molecular weight excluding hydrogens is 300 g/mol. The van der Waals surface area contributed by atoms with Crippen molar-refractivity contribution in [1.82, 2.24) is 9.80 Å². The standard InChI is InChI=1S/C20H22N2O2/c1-24-19-8-4-7-16(11-19)20(23)22-13-18(14-22)21-10-9-15-5-2-3-6-17(15)12-21/h2-8,11,18H,9-10,12-14H2,1H3. The Bertz CT molecular complexity index is 753. The summed E-state index contributed by atoms with van der Waals surface area (Å²) in [4.78, 5) is 17.0. The highest BCUT2D eigenvalue weighted by Gasteiger charge is 2.36. The number of nitrogens with zero attached hydrogens (tertiary/aromatic N) is 2. The van der Waals surface area contributed by atoms with Gasteiger partial charge in [-0.05, 0) is 35.7 Å². The van der Waals surface area contributed by atoms with E-state index < -0.39 is 0 Å². The van der Waals surface area contributed by atoms with E-state index in [-0.39, 0.29) is 5.91 Å². The second-order valence-electron chi connectivity index (χ2n) is 6.59. The van der Waals surface area contributed by atoms with Gasteiger partial charge in [-0.25, -0.2) is 0 Å². The highest BCUT2D eigenvalue weighted by Crippen LogP contribution is 2.25. The zero-order chi connectivity index (χ0) is 16.5. The van der Waals surface area contributed by atoms with Crippen LogP contribution in [0.1, 0.15) is 21.5 Å². The molecule has 4 rings (SSSR count). The molecule has 4 heteroatoms. The van der Waals surface area contributed by atoms with Crippen LogP contribution in [0, 0.1) is 0 Å². The first-order valence-electron chi connectivity index (χ1n) is 8.49. The van der Waals surface area contributed by atoms with Gasteiger partial charge in [-0.2, -0.15) is 0 Å². The molecule has 124 valence electrons. The number of benzene rings is 2. The van der Waals surface area contributed by atoms with Gasteiger partial charge < -0.3 is 9.64 Å². The highest BCUT2D eigenvalue weighted by atomic mass is 16.5. The number of fused-ring (bicyclic) bond motifs is 1. The molecule has 0 spiro atoms. The third kappa shape index (κ3) is 2.78. The van der Waals surface area contributed by atoms with Crippen LogP contribution in [0.3, 0.4) is 0 Å². The fraction of sp³-hybridized carbons (Fsp3) is 0.350. The second-order valence-corrected chi connectivity index (χ2v) is 6.59. The molecule has 0 aliphatic carbocycles. The van der Waals surface area contributed by atoms with Gasteiger partial charge in [0.25, 0.3) is 5.91 Å². The SMILES string of the molecule is COc1cccc(C(=O)N2CC(N3CCc4ccccc4C3)C2)c1. The zero-order valence-electron chi connectivity index (χ0n) is 13.9. The van der Waals surface area contributed by atoms with Crippen molar-refractivity contribution in [3.05, 3.63) is 65.2 Å². The van der Waals surface area contributed by atoms with Crippen molar-refractivity contribution in [3.8, 4) is 5.75 Å². The lowest BCUT2D eigenvalue weighted by Crippen LogP contribution is -2.61. The first kappa shape index (κ1) is 15.2. The third-order valence-corrected chi connectivity index (χ3v) is 5.14.